The maximum Gasteiger partial charge on any atom is 0.157 e. The van der Waals surface area contributed by atoms with E-state index in [0.717, 1.165) is 37.9 Å². The van der Waals surface area contributed by atoms with Crippen LogP contribution in [0.4, 0.5) is 5.69 Å². The fourth-order valence-corrected chi connectivity index (χ4v) is 2.89. The first-order valence-electron chi connectivity index (χ1n) is 7.78. The quantitative estimate of drug-likeness (QED) is 0.506. The van der Waals surface area contributed by atoms with E-state index in [0.29, 0.717) is 6.04 Å². The lowest BCUT2D eigenvalue weighted by Crippen LogP contribution is -2.36. The van der Waals surface area contributed by atoms with Crippen LogP contribution in [0.25, 0.3) is 0 Å². The van der Waals surface area contributed by atoms with E-state index in [4.69, 9.17) is 0 Å². The minimum absolute atomic E-state index is 0.0527. The van der Waals surface area contributed by atoms with Gasteiger partial charge in [-0.2, -0.15) is 0 Å². The van der Waals surface area contributed by atoms with E-state index in [-0.39, 0.29) is 11.5 Å². The largest absolute Gasteiger partial charge is 0.504 e. The number of anilines is 1. The fourth-order valence-electron chi connectivity index (χ4n) is 2.89. The van der Waals surface area contributed by atoms with Crippen molar-refractivity contribution in [2.75, 3.05) is 18.4 Å². The maximum absolute atomic E-state index is 9.47. The number of phenolic OH excluding ortho intramolecular Hbond substituents is 2. The number of hydrogen-bond donors (Lipinski definition) is 4. The molecule has 4 heteroatoms. The van der Waals surface area contributed by atoms with Gasteiger partial charge in [0.05, 0.1) is 0 Å². The molecule has 0 saturated carbocycles. The predicted octanol–water partition coefficient (Wildman–Crippen LogP) is 2.66. The van der Waals surface area contributed by atoms with Gasteiger partial charge < -0.3 is 20.8 Å². The zero-order valence-electron chi connectivity index (χ0n) is 12.5. The fraction of sp³-hybridized carbons (Fsp3) is 0.333. The number of phenols is 2. The SMILES string of the molecule is Oc1ccc(CCNCC2CCc3ccccc3N2)cc1O. The summed E-state index contributed by atoms with van der Waals surface area (Å²) in [6, 6.07) is 13.9. The smallest absolute Gasteiger partial charge is 0.157 e. The van der Waals surface area contributed by atoms with Crippen LogP contribution in [0.1, 0.15) is 17.5 Å². The third-order valence-electron chi connectivity index (χ3n) is 4.16. The molecule has 0 radical (unpaired) electrons. The Labute approximate surface area is 130 Å². The van der Waals surface area contributed by atoms with Crippen molar-refractivity contribution >= 4 is 5.69 Å². The first-order chi connectivity index (χ1) is 10.7. The minimum atomic E-state index is -0.0678. The van der Waals surface area contributed by atoms with Crippen molar-refractivity contribution in [1.29, 1.82) is 0 Å². The third kappa shape index (κ3) is 3.52. The summed E-state index contributed by atoms with van der Waals surface area (Å²) >= 11 is 0. The molecular weight excluding hydrogens is 276 g/mol. The number of aryl methyl sites for hydroxylation is 1. The van der Waals surface area contributed by atoms with Crippen molar-refractivity contribution in [3.05, 3.63) is 53.6 Å². The Morgan fingerprint density at radius 3 is 2.82 bits per heavy atom. The molecule has 4 nitrogen and oxygen atoms in total. The Bertz CT molecular complexity index is 643. The van der Waals surface area contributed by atoms with Crippen LogP contribution < -0.4 is 10.6 Å². The second-order valence-electron chi connectivity index (χ2n) is 5.81. The second-order valence-corrected chi connectivity index (χ2v) is 5.81. The van der Waals surface area contributed by atoms with Crippen LogP contribution in [0.3, 0.4) is 0 Å². The highest BCUT2D eigenvalue weighted by Gasteiger charge is 2.16. The van der Waals surface area contributed by atoms with Crippen molar-refractivity contribution in [2.24, 2.45) is 0 Å². The van der Waals surface area contributed by atoms with Crippen LogP contribution in [0.2, 0.25) is 0 Å². The van der Waals surface area contributed by atoms with Gasteiger partial charge in [0.1, 0.15) is 0 Å². The summed E-state index contributed by atoms with van der Waals surface area (Å²) in [5, 5.41) is 25.8. The molecule has 1 heterocycles. The predicted molar refractivity (Wildman–Crippen MR) is 88.5 cm³/mol. The molecule has 0 spiro atoms. The molecular formula is C18H22N2O2. The molecule has 2 aromatic carbocycles. The van der Waals surface area contributed by atoms with Crippen LogP contribution in [-0.4, -0.2) is 29.3 Å². The molecule has 0 amide bonds. The van der Waals surface area contributed by atoms with Crippen LogP contribution in [0, 0.1) is 0 Å². The lowest BCUT2D eigenvalue weighted by atomic mass is 9.98. The summed E-state index contributed by atoms with van der Waals surface area (Å²) in [4.78, 5) is 0. The van der Waals surface area contributed by atoms with Crippen molar-refractivity contribution in [3.8, 4) is 11.5 Å². The highest BCUT2D eigenvalue weighted by molar-refractivity contribution is 5.53. The minimum Gasteiger partial charge on any atom is -0.504 e. The number of rotatable bonds is 5. The van der Waals surface area contributed by atoms with Gasteiger partial charge in [-0.15, -0.1) is 0 Å². The van der Waals surface area contributed by atoms with E-state index in [1.165, 1.54) is 17.3 Å². The Hall–Kier alpha value is -2.20. The molecule has 0 fully saturated rings. The van der Waals surface area contributed by atoms with Crippen LogP contribution in [-0.2, 0) is 12.8 Å². The number of benzene rings is 2. The summed E-state index contributed by atoms with van der Waals surface area (Å²) < 4.78 is 0. The zero-order valence-corrected chi connectivity index (χ0v) is 12.5. The lowest BCUT2D eigenvalue weighted by molar-refractivity contribution is 0.403. The van der Waals surface area contributed by atoms with Gasteiger partial charge in [-0.25, -0.2) is 0 Å². The summed E-state index contributed by atoms with van der Waals surface area (Å²) in [5.74, 6) is -0.121. The maximum atomic E-state index is 9.47. The number of fused-ring (bicyclic) bond motifs is 1. The highest BCUT2D eigenvalue weighted by atomic mass is 16.3. The normalized spacial score (nSPS) is 16.8. The number of aromatic hydroxyl groups is 2. The van der Waals surface area contributed by atoms with Gasteiger partial charge in [0, 0.05) is 18.3 Å². The second kappa shape index (κ2) is 6.71. The van der Waals surface area contributed by atoms with Gasteiger partial charge in [0.15, 0.2) is 11.5 Å². The first kappa shape index (κ1) is 14.7. The van der Waals surface area contributed by atoms with E-state index in [1.807, 2.05) is 6.07 Å². The van der Waals surface area contributed by atoms with Crippen molar-refractivity contribution in [2.45, 2.75) is 25.3 Å². The summed E-state index contributed by atoms with van der Waals surface area (Å²) in [6.45, 7) is 1.78. The average Bonchev–Trinajstić information content (AvgIpc) is 2.54. The van der Waals surface area contributed by atoms with Crippen LogP contribution >= 0.6 is 0 Å². The molecule has 1 aliphatic heterocycles. The third-order valence-corrected chi connectivity index (χ3v) is 4.16. The molecule has 4 N–H and O–H groups in total. The zero-order chi connectivity index (χ0) is 15.4. The molecule has 0 aliphatic carbocycles. The average molecular weight is 298 g/mol. The molecule has 2 aromatic rings. The molecule has 0 saturated heterocycles. The van der Waals surface area contributed by atoms with Gasteiger partial charge in [-0.1, -0.05) is 24.3 Å². The van der Waals surface area contributed by atoms with E-state index < -0.39 is 0 Å². The Balaban J connectivity index is 1.43. The molecule has 0 bridgehead atoms. The van der Waals surface area contributed by atoms with Gasteiger partial charge in [-0.3, -0.25) is 0 Å². The Morgan fingerprint density at radius 1 is 1.09 bits per heavy atom. The van der Waals surface area contributed by atoms with Crippen LogP contribution in [0.15, 0.2) is 42.5 Å². The molecule has 1 unspecified atom stereocenters. The number of para-hydroxylation sites is 1. The molecule has 3 rings (SSSR count). The Morgan fingerprint density at radius 2 is 1.95 bits per heavy atom. The topological polar surface area (TPSA) is 64.5 Å². The van der Waals surface area contributed by atoms with Crippen molar-refractivity contribution < 1.29 is 10.2 Å². The monoisotopic (exact) mass is 298 g/mol. The number of nitrogens with one attached hydrogen (secondary N) is 2. The highest BCUT2D eigenvalue weighted by Crippen LogP contribution is 2.25. The van der Waals surface area contributed by atoms with Crippen molar-refractivity contribution in [1.82, 2.24) is 5.32 Å². The van der Waals surface area contributed by atoms with E-state index >= 15 is 0 Å². The van der Waals surface area contributed by atoms with Crippen molar-refractivity contribution in [3.63, 3.8) is 0 Å². The molecule has 1 aliphatic rings. The molecule has 0 aromatic heterocycles. The van der Waals surface area contributed by atoms with Crippen LogP contribution in [0.5, 0.6) is 11.5 Å². The number of hydrogen-bond acceptors (Lipinski definition) is 4. The van der Waals surface area contributed by atoms with Gasteiger partial charge in [0.2, 0.25) is 0 Å². The summed E-state index contributed by atoms with van der Waals surface area (Å²) in [5.41, 5.74) is 3.67. The lowest BCUT2D eigenvalue weighted by Gasteiger charge is -2.27. The van der Waals surface area contributed by atoms with Gasteiger partial charge >= 0.3 is 0 Å². The van der Waals surface area contributed by atoms with E-state index in [9.17, 15) is 10.2 Å². The molecule has 22 heavy (non-hydrogen) atoms. The standard InChI is InChI=1S/C18H22N2O2/c21-17-8-5-13(11-18(17)22)9-10-19-12-15-7-6-14-3-1-2-4-16(14)20-15/h1-5,8,11,15,19-22H,6-7,9-10,12H2. The first-order valence-corrected chi connectivity index (χ1v) is 7.78. The Kier molecular flexibility index (Phi) is 4.49. The molecule has 1 atom stereocenters. The van der Waals surface area contributed by atoms with E-state index in [1.54, 1.807) is 6.07 Å². The van der Waals surface area contributed by atoms with Gasteiger partial charge in [0.25, 0.3) is 0 Å². The van der Waals surface area contributed by atoms with E-state index in [2.05, 4.69) is 34.9 Å². The summed E-state index contributed by atoms with van der Waals surface area (Å²) in [6.07, 6.45) is 3.10. The summed E-state index contributed by atoms with van der Waals surface area (Å²) in [7, 11) is 0. The van der Waals surface area contributed by atoms with Gasteiger partial charge in [-0.05, 0) is 55.1 Å². The molecule has 116 valence electrons.